The number of piperidine rings is 1. The van der Waals surface area contributed by atoms with Crippen molar-refractivity contribution in [1.82, 2.24) is 9.88 Å². The van der Waals surface area contributed by atoms with Crippen molar-refractivity contribution >= 4 is 16.9 Å². The molecule has 1 unspecified atom stereocenters. The highest BCUT2D eigenvalue weighted by molar-refractivity contribution is 5.83. The van der Waals surface area contributed by atoms with E-state index in [2.05, 4.69) is 21.8 Å². The maximum Gasteiger partial charge on any atom is 0.191 e. The molecule has 0 bridgehead atoms. The normalized spacial score (nSPS) is 19.8. The van der Waals surface area contributed by atoms with Gasteiger partial charge >= 0.3 is 0 Å². The molecule has 1 aliphatic rings. The van der Waals surface area contributed by atoms with Crippen molar-refractivity contribution in [2.45, 2.75) is 26.2 Å². The molecule has 5 heteroatoms. The molecular weight excluding hydrogens is 279 g/mol. The van der Waals surface area contributed by atoms with Crippen LogP contribution in [0.4, 0.5) is 4.39 Å². The van der Waals surface area contributed by atoms with Crippen molar-refractivity contribution < 1.29 is 4.39 Å². The van der Waals surface area contributed by atoms with E-state index in [0.29, 0.717) is 18.4 Å². The van der Waals surface area contributed by atoms with E-state index in [0.717, 1.165) is 36.0 Å². The fourth-order valence-corrected chi connectivity index (χ4v) is 3.15. The third-order valence-electron chi connectivity index (χ3n) is 4.37. The number of H-pyrrole nitrogens is 1. The Morgan fingerprint density at radius 2 is 2.36 bits per heavy atom. The largest absolute Gasteiger partial charge is 0.370 e. The van der Waals surface area contributed by atoms with Gasteiger partial charge < -0.3 is 15.6 Å². The number of nitrogens with two attached hydrogens (primary N) is 1. The maximum atomic E-state index is 13.4. The van der Waals surface area contributed by atoms with Gasteiger partial charge in [-0.1, -0.05) is 6.92 Å². The first-order valence-electron chi connectivity index (χ1n) is 7.94. The van der Waals surface area contributed by atoms with E-state index in [1.54, 1.807) is 12.1 Å². The average Bonchev–Trinajstić information content (AvgIpc) is 2.89. The first kappa shape index (κ1) is 14.9. The number of aromatic amines is 1. The van der Waals surface area contributed by atoms with Crippen LogP contribution in [-0.2, 0) is 6.42 Å². The number of hydrogen-bond acceptors (Lipinski definition) is 1. The van der Waals surface area contributed by atoms with Gasteiger partial charge in [-0.15, -0.1) is 0 Å². The van der Waals surface area contributed by atoms with Crippen LogP contribution in [0.15, 0.2) is 29.4 Å². The lowest BCUT2D eigenvalue weighted by Gasteiger charge is -2.31. The van der Waals surface area contributed by atoms with Crippen molar-refractivity contribution in [3.05, 3.63) is 35.8 Å². The fraction of sp³-hybridized carbons (Fsp3) is 0.471. The van der Waals surface area contributed by atoms with Crippen LogP contribution in [-0.4, -0.2) is 35.5 Å². The smallest absolute Gasteiger partial charge is 0.191 e. The number of aromatic nitrogens is 1. The Bertz CT molecular complexity index is 676. The zero-order valence-corrected chi connectivity index (χ0v) is 13.0. The molecule has 0 saturated carbocycles. The Morgan fingerprint density at radius 1 is 1.50 bits per heavy atom. The molecule has 1 aromatic carbocycles. The van der Waals surface area contributed by atoms with Crippen LogP contribution in [0.5, 0.6) is 0 Å². The van der Waals surface area contributed by atoms with Crippen LogP contribution in [0.1, 0.15) is 25.3 Å². The van der Waals surface area contributed by atoms with Gasteiger partial charge in [0, 0.05) is 36.7 Å². The number of aliphatic imine (C=N–C) groups is 1. The topological polar surface area (TPSA) is 57.4 Å². The number of guanidine groups is 1. The molecule has 1 saturated heterocycles. The summed E-state index contributed by atoms with van der Waals surface area (Å²) in [5.74, 6) is 1.11. The lowest BCUT2D eigenvalue weighted by Crippen LogP contribution is -2.43. The predicted molar refractivity (Wildman–Crippen MR) is 88.4 cm³/mol. The second-order valence-corrected chi connectivity index (χ2v) is 6.19. The van der Waals surface area contributed by atoms with Crippen molar-refractivity contribution in [2.75, 3.05) is 19.6 Å². The summed E-state index contributed by atoms with van der Waals surface area (Å²) in [6.07, 6.45) is 5.14. The lowest BCUT2D eigenvalue weighted by atomic mass is 10.0. The minimum atomic E-state index is -0.210. The molecule has 118 valence electrons. The van der Waals surface area contributed by atoms with Gasteiger partial charge in [0.25, 0.3) is 0 Å². The van der Waals surface area contributed by atoms with E-state index in [4.69, 9.17) is 5.73 Å². The third-order valence-corrected chi connectivity index (χ3v) is 4.37. The van der Waals surface area contributed by atoms with Gasteiger partial charge in [-0.05, 0) is 48.9 Å². The molecular formula is C17H23FN4. The van der Waals surface area contributed by atoms with Gasteiger partial charge in [-0.2, -0.15) is 0 Å². The van der Waals surface area contributed by atoms with Crippen LogP contribution in [0, 0.1) is 11.7 Å². The minimum absolute atomic E-state index is 0.210. The second-order valence-electron chi connectivity index (χ2n) is 6.19. The SMILES string of the molecule is CC1CCCN(C(N)=NCCc2c[nH]c3ccc(F)cc23)C1. The van der Waals surface area contributed by atoms with Gasteiger partial charge in [0.15, 0.2) is 5.96 Å². The zero-order chi connectivity index (χ0) is 15.5. The lowest BCUT2D eigenvalue weighted by molar-refractivity contribution is 0.270. The number of hydrogen-bond donors (Lipinski definition) is 2. The summed E-state index contributed by atoms with van der Waals surface area (Å²) in [6, 6.07) is 4.80. The van der Waals surface area contributed by atoms with Crippen LogP contribution < -0.4 is 5.73 Å². The average molecular weight is 302 g/mol. The standard InChI is InChI=1S/C17H23FN4/c1-12-3-2-8-22(11-12)17(19)20-7-6-13-10-21-16-5-4-14(18)9-15(13)16/h4-5,9-10,12,21H,2-3,6-8,11H2,1H3,(H2,19,20). The van der Waals surface area contributed by atoms with E-state index in [9.17, 15) is 4.39 Å². The van der Waals surface area contributed by atoms with E-state index in [1.165, 1.54) is 18.9 Å². The predicted octanol–water partition coefficient (Wildman–Crippen LogP) is 2.90. The molecule has 1 atom stereocenters. The zero-order valence-electron chi connectivity index (χ0n) is 13.0. The summed E-state index contributed by atoms with van der Waals surface area (Å²) in [4.78, 5) is 9.83. The molecule has 2 aromatic rings. The van der Waals surface area contributed by atoms with Crippen LogP contribution >= 0.6 is 0 Å². The van der Waals surface area contributed by atoms with E-state index in [-0.39, 0.29) is 5.82 Å². The van der Waals surface area contributed by atoms with Gasteiger partial charge in [0.2, 0.25) is 0 Å². The third kappa shape index (κ3) is 3.24. The molecule has 0 amide bonds. The first-order chi connectivity index (χ1) is 10.6. The van der Waals surface area contributed by atoms with Crippen LogP contribution in [0.2, 0.25) is 0 Å². The van der Waals surface area contributed by atoms with Gasteiger partial charge in [0.1, 0.15) is 5.82 Å². The summed E-state index contributed by atoms with van der Waals surface area (Å²) < 4.78 is 13.4. The van der Waals surface area contributed by atoms with Crippen LogP contribution in [0.25, 0.3) is 10.9 Å². The molecule has 3 N–H and O–H groups in total. The number of fused-ring (bicyclic) bond motifs is 1. The highest BCUT2D eigenvalue weighted by Crippen LogP contribution is 2.20. The van der Waals surface area contributed by atoms with Gasteiger partial charge in [0.05, 0.1) is 0 Å². The Labute approximate surface area is 130 Å². The highest BCUT2D eigenvalue weighted by Gasteiger charge is 2.17. The Balaban J connectivity index is 1.64. The molecule has 1 fully saturated rings. The molecule has 1 aliphatic heterocycles. The van der Waals surface area contributed by atoms with Crippen molar-refractivity contribution in [1.29, 1.82) is 0 Å². The first-order valence-corrected chi connectivity index (χ1v) is 7.94. The monoisotopic (exact) mass is 302 g/mol. The highest BCUT2D eigenvalue weighted by atomic mass is 19.1. The molecule has 0 radical (unpaired) electrons. The van der Waals surface area contributed by atoms with Crippen LogP contribution in [0.3, 0.4) is 0 Å². The molecule has 22 heavy (non-hydrogen) atoms. The van der Waals surface area contributed by atoms with E-state index < -0.39 is 0 Å². The Kier molecular flexibility index (Phi) is 4.32. The number of benzene rings is 1. The molecule has 0 spiro atoms. The van der Waals surface area contributed by atoms with Crippen molar-refractivity contribution in [3.8, 4) is 0 Å². The van der Waals surface area contributed by atoms with Crippen molar-refractivity contribution in [3.63, 3.8) is 0 Å². The summed E-state index contributed by atoms with van der Waals surface area (Å²) >= 11 is 0. The molecule has 2 heterocycles. The van der Waals surface area contributed by atoms with E-state index >= 15 is 0 Å². The quantitative estimate of drug-likeness (QED) is 0.676. The number of nitrogens with zero attached hydrogens (tertiary/aromatic N) is 2. The molecule has 1 aromatic heterocycles. The molecule has 3 rings (SSSR count). The summed E-state index contributed by atoms with van der Waals surface area (Å²) in [5, 5.41) is 0.931. The summed E-state index contributed by atoms with van der Waals surface area (Å²) in [5.41, 5.74) is 8.13. The fourth-order valence-electron chi connectivity index (χ4n) is 3.15. The van der Waals surface area contributed by atoms with E-state index in [1.807, 2.05) is 6.20 Å². The molecule has 0 aliphatic carbocycles. The number of likely N-dealkylation sites (tertiary alicyclic amines) is 1. The Morgan fingerprint density at radius 3 is 3.18 bits per heavy atom. The number of nitrogens with one attached hydrogen (secondary N) is 1. The summed E-state index contributed by atoms with van der Waals surface area (Å²) in [7, 11) is 0. The van der Waals surface area contributed by atoms with Gasteiger partial charge in [-0.3, -0.25) is 4.99 Å². The van der Waals surface area contributed by atoms with Gasteiger partial charge in [-0.25, -0.2) is 4.39 Å². The summed E-state index contributed by atoms with van der Waals surface area (Å²) in [6.45, 7) is 4.87. The second kappa shape index (κ2) is 6.38. The van der Waals surface area contributed by atoms with Crippen molar-refractivity contribution in [2.24, 2.45) is 16.6 Å². The Hall–Kier alpha value is -2.04. The maximum absolute atomic E-state index is 13.4. The number of rotatable bonds is 3. The number of halogens is 1. The minimum Gasteiger partial charge on any atom is -0.370 e. The molecule has 4 nitrogen and oxygen atoms in total.